The van der Waals surface area contributed by atoms with Gasteiger partial charge in [0.1, 0.15) is 0 Å². The lowest BCUT2D eigenvalue weighted by Crippen LogP contribution is -2.42. The van der Waals surface area contributed by atoms with Crippen molar-refractivity contribution in [2.45, 2.75) is 25.3 Å². The van der Waals surface area contributed by atoms with E-state index in [4.69, 9.17) is 0 Å². The monoisotopic (exact) mass is 420 g/mol. The van der Waals surface area contributed by atoms with Gasteiger partial charge < -0.3 is 9.80 Å². The van der Waals surface area contributed by atoms with E-state index < -0.39 is 5.92 Å². The van der Waals surface area contributed by atoms with Gasteiger partial charge in [-0.25, -0.2) is 8.78 Å². The third kappa shape index (κ3) is 3.46. The first kappa shape index (κ1) is 19.7. The van der Waals surface area contributed by atoms with Gasteiger partial charge in [0.15, 0.2) is 0 Å². The molecule has 0 bridgehead atoms. The van der Waals surface area contributed by atoms with Gasteiger partial charge in [0.25, 0.3) is 17.7 Å². The molecule has 0 aliphatic carbocycles. The zero-order valence-corrected chi connectivity index (χ0v) is 17.2. The number of alkyl halides is 2. The summed E-state index contributed by atoms with van der Waals surface area (Å²) in [4.78, 5) is 28.2. The van der Waals surface area contributed by atoms with E-state index in [0.717, 1.165) is 33.0 Å². The van der Waals surface area contributed by atoms with Crippen molar-refractivity contribution >= 4 is 22.6 Å². The van der Waals surface area contributed by atoms with Crippen LogP contribution in [0.1, 0.15) is 39.1 Å². The fraction of sp³-hybridized carbons (Fsp3) is 0.280. The second-order valence-electron chi connectivity index (χ2n) is 8.42. The highest BCUT2D eigenvalue weighted by Crippen LogP contribution is 2.33. The lowest BCUT2D eigenvalue weighted by molar-refractivity contribution is -0.0494. The van der Waals surface area contributed by atoms with Crippen molar-refractivity contribution < 1.29 is 18.4 Å². The molecule has 3 aromatic carbocycles. The summed E-state index contributed by atoms with van der Waals surface area (Å²) in [6.45, 7) is 0.749. The Bertz CT molecular complexity index is 1210. The number of hydrogen-bond acceptors (Lipinski definition) is 2. The largest absolute Gasteiger partial charge is 0.338 e. The van der Waals surface area contributed by atoms with Crippen LogP contribution in [0.25, 0.3) is 21.9 Å². The first-order valence-corrected chi connectivity index (χ1v) is 10.4. The van der Waals surface area contributed by atoms with Gasteiger partial charge in [-0.1, -0.05) is 30.3 Å². The van der Waals surface area contributed by atoms with Gasteiger partial charge in [-0.2, -0.15) is 0 Å². The third-order valence-corrected chi connectivity index (χ3v) is 6.31. The molecule has 6 heteroatoms. The number of halogens is 2. The van der Waals surface area contributed by atoms with Crippen LogP contribution >= 0.6 is 0 Å². The molecule has 2 heterocycles. The van der Waals surface area contributed by atoms with E-state index in [1.54, 1.807) is 18.0 Å². The molecule has 4 nitrogen and oxygen atoms in total. The van der Waals surface area contributed by atoms with E-state index in [1.165, 1.54) is 4.90 Å². The van der Waals surface area contributed by atoms with Crippen molar-refractivity contribution in [3.05, 3.63) is 71.3 Å². The van der Waals surface area contributed by atoms with Gasteiger partial charge in [-0.05, 0) is 51.7 Å². The minimum atomic E-state index is -2.68. The topological polar surface area (TPSA) is 40.6 Å². The maximum atomic E-state index is 13.4. The van der Waals surface area contributed by atoms with Crippen LogP contribution in [0.15, 0.2) is 54.6 Å². The Morgan fingerprint density at radius 3 is 2.52 bits per heavy atom. The SMILES string of the molecule is CN1Cc2cc(-c3cccc4cc(C(=O)N5CCC(F)(F)CC5)ccc34)ccc2C1=O. The van der Waals surface area contributed by atoms with Crippen molar-refractivity contribution in [3.63, 3.8) is 0 Å². The highest BCUT2D eigenvalue weighted by molar-refractivity contribution is 6.04. The molecule has 0 aromatic heterocycles. The fourth-order valence-electron chi connectivity index (χ4n) is 4.52. The molecule has 31 heavy (non-hydrogen) atoms. The second-order valence-corrected chi connectivity index (χ2v) is 8.42. The minimum absolute atomic E-state index is 0.0399. The summed E-state index contributed by atoms with van der Waals surface area (Å²) < 4.78 is 26.8. The van der Waals surface area contributed by atoms with E-state index in [9.17, 15) is 18.4 Å². The smallest absolute Gasteiger partial charge is 0.254 e. The third-order valence-electron chi connectivity index (χ3n) is 6.31. The lowest BCUT2D eigenvalue weighted by atomic mass is 9.94. The highest BCUT2D eigenvalue weighted by atomic mass is 19.3. The first-order valence-electron chi connectivity index (χ1n) is 10.4. The maximum Gasteiger partial charge on any atom is 0.254 e. The zero-order chi connectivity index (χ0) is 21.8. The molecule has 0 saturated carbocycles. The maximum absolute atomic E-state index is 13.4. The first-order chi connectivity index (χ1) is 14.8. The molecule has 0 radical (unpaired) electrons. The van der Waals surface area contributed by atoms with Crippen LogP contribution in [0, 0.1) is 0 Å². The van der Waals surface area contributed by atoms with Crippen LogP contribution in [-0.4, -0.2) is 47.7 Å². The number of carbonyl (C=O) groups is 2. The van der Waals surface area contributed by atoms with E-state index in [-0.39, 0.29) is 37.7 Å². The molecule has 0 spiro atoms. The summed E-state index contributed by atoms with van der Waals surface area (Å²) in [5, 5.41) is 1.92. The fourth-order valence-corrected chi connectivity index (χ4v) is 4.52. The number of benzene rings is 3. The lowest BCUT2D eigenvalue weighted by Gasteiger charge is -2.31. The van der Waals surface area contributed by atoms with Crippen LogP contribution in [0.2, 0.25) is 0 Å². The average Bonchev–Trinajstić information content (AvgIpc) is 3.05. The molecule has 0 atom stereocenters. The van der Waals surface area contributed by atoms with Crippen LogP contribution in [-0.2, 0) is 6.54 Å². The molecular weight excluding hydrogens is 398 g/mol. The predicted octanol–water partition coefficient (Wildman–Crippen LogP) is 4.96. The van der Waals surface area contributed by atoms with Crippen molar-refractivity contribution in [3.8, 4) is 11.1 Å². The van der Waals surface area contributed by atoms with Gasteiger partial charge in [0.05, 0.1) is 0 Å². The van der Waals surface area contributed by atoms with Crippen LogP contribution < -0.4 is 0 Å². The number of carbonyl (C=O) groups excluding carboxylic acids is 2. The van der Waals surface area contributed by atoms with Gasteiger partial charge in [0, 0.05) is 50.7 Å². The standard InChI is InChI=1S/C25H22F2N2O2/c1-28-15-19-14-17(5-8-22(19)24(28)31)20-4-2-3-16-13-18(6-7-21(16)20)23(30)29-11-9-25(26,27)10-12-29/h2-8,13-14H,9-12,15H2,1H3. The van der Waals surface area contributed by atoms with Crippen LogP contribution in [0.3, 0.4) is 0 Å². The van der Waals surface area contributed by atoms with Crippen molar-refractivity contribution in [2.75, 3.05) is 20.1 Å². The average molecular weight is 420 g/mol. The van der Waals surface area contributed by atoms with E-state index in [0.29, 0.717) is 12.1 Å². The molecule has 2 amide bonds. The van der Waals surface area contributed by atoms with Gasteiger partial charge >= 0.3 is 0 Å². The molecule has 2 aliphatic rings. The van der Waals surface area contributed by atoms with E-state index in [1.807, 2.05) is 42.5 Å². The minimum Gasteiger partial charge on any atom is -0.338 e. The zero-order valence-electron chi connectivity index (χ0n) is 17.2. The Kier molecular flexibility index (Phi) is 4.54. The number of amides is 2. The summed E-state index contributed by atoms with van der Waals surface area (Å²) >= 11 is 0. The Labute approximate surface area is 179 Å². The summed E-state index contributed by atoms with van der Waals surface area (Å²) in [6.07, 6.45) is -0.570. The van der Waals surface area contributed by atoms with Crippen LogP contribution in [0.4, 0.5) is 8.78 Å². The number of rotatable bonds is 2. The molecule has 5 rings (SSSR count). The quantitative estimate of drug-likeness (QED) is 0.588. The molecule has 0 N–H and O–H groups in total. The summed E-state index contributed by atoms with van der Waals surface area (Å²) in [5.41, 5.74) is 4.31. The summed E-state index contributed by atoms with van der Waals surface area (Å²) in [5.74, 6) is -2.84. The summed E-state index contributed by atoms with van der Waals surface area (Å²) in [6, 6.07) is 17.3. The van der Waals surface area contributed by atoms with Gasteiger partial charge in [-0.3, -0.25) is 9.59 Å². The predicted molar refractivity (Wildman–Crippen MR) is 115 cm³/mol. The summed E-state index contributed by atoms with van der Waals surface area (Å²) in [7, 11) is 1.79. The molecule has 1 saturated heterocycles. The Morgan fingerprint density at radius 1 is 0.968 bits per heavy atom. The Balaban J connectivity index is 1.47. The number of likely N-dealkylation sites (tertiary alicyclic amines) is 1. The molecular formula is C25H22F2N2O2. The van der Waals surface area contributed by atoms with Gasteiger partial charge in [0.2, 0.25) is 0 Å². The van der Waals surface area contributed by atoms with Crippen molar-refractivity contribution in [1.82, 2.24) is 9.80 Å². The second kappa shape index (κ2) is 7.15. The van der Waals surface area contributed by atoms with E-state index in [2.05, 4.69) is 6.07 Å². The van der Waals surface area contributed by atoms with Gasteiger partial charge in [-0.15, -0.1) is 0 Å². The van der Waals surface area contributed by atoms with Crippen molar-refractivity contribution in [2.24, 2.45) is 0 Å². The number of nitrogens with zero attached hydrogens (tertiary/aromatic N) is 2. The highest BCUT2D eigenvalue weighted by Gasteiger charge is 2.35. The number of fused-ring (bicyclic) bond motifs is 2. The normalized spacial score (nSPS) is 17.8. The van der Waals surface area contributed by atoms with Crippen LogP contribution in [0.5, 0.6) is 0 Å². The Hall–Kier alpha value is -3.28. The molecule has 0 unspecified atom stereocenters. The number of hydrogen-bond donors (Lipinski definition) is 0. The van der Waals surface area contributed by atoms with Crippen molar-refractivity contribution in [1.29, 1.82) is 0 Å². The molecule has 3 aromatic rings. The molecule has 1 fully saturated rings. The Morgan fingerprint density at radius 2 is 1.74 bits per heavy atom. The molecule has 2 aliphatic heterocycles. The van der Waals surface area contributed by atoms with E-state index >= 15 is 0 Å². The number of piperidine rings is 1. The molecule has 158 valence electrons.